The maximum absolute atomic E-state index is 4.19. The van der Waals surface area contributed by atoms with Gasteiger partial charge in [0.25, 0.3) is 0 Å². The van der Waals surface area contributed by atoms with E-state index in [1.165, 1.54) is 11.4 Å². The summed E-state index contributed by atoms with van der Waals surface area (Å²) in [6.45, 7) is 20.0. The molecular weight excluding hydrogens is 212 g/mol. The Morgan fingerprint density at radius 2 is 1.44 bits per heavy atom. The van der Waals surface area contributed by atoms with Gasteiger partial charge in [-0.3, -0.25) is 0 Å². The summed E-state index contributed by atoms with van der Waals surface area (Å²) in [6, 6.07) is 0. The van der Waals surface area contributed by atoms with Gasteiger partial charge in [-0.15, -0.1) is 0 Å². The predicted octanol–water partition coefficient (Wildman–Crippen LogP) is 2.62. The quantitative estimate of drug-likeness (QED) is 0.599. The van der Waals surface area contributed by atoms with Crippen LogP contribution in [-0.4, -0.2) is 30.1 Å². The van der Waals surface area contributed by atoms with E-state index in [-0.39, 0.29) is 11.1 Å². The van der Waals surface area contributed by atoms with Crippen LogP contribution in [0, 0.1) is 0 Å². The molecule has 0 fully saturated rings. The molecule has 92 valence electrons. The molecule has 0 saturated carbocycles. The lowest BCUT2D eigenvalue weighted by Crippen LogP contribution is -2.56. The van der Waals surface area contributed by atoms with Crippen molar-refractivity contribution >= 4 is 9.84 Å². The summed E-state index contributed by atoms with van der Waals surface area (Å²) in [5.74, 6) is 0. The normalized spacial score (nSPS) is 20.4. The highest BCUT2D eigenvalue weighted by atomic mass is 28.2. The van der Waals surface area contributed by atoms with Gasteiger partial charge in [0.2, 0.25) is 9.84 Å². The lowest BCUT2D eigenvalue weighted by Gasteiger charge is -2.50. The maximum atomic E-state index is 4.19. The Hall–Kier alpha value is -0.703. The highest BCUT2D eigenvalue weighted by molar-refractivity contribution is 6.31. The summed E-state index contributed by atoms with van der Waals surface area (Å²) in [4.78, 5) is 0. The van der Waals surface area contributed by atoms with Crippen LogP contribution in [0.1, 0.15) is 48.5 Å². The first kappa shape index (κ1) is 13.4. The average molecular weight is 238 g/mol. The smallest absolute Gasteiger partial charge is 0.231 e. The molecule has 3 heteroatoms. The number of allylic oxidation sites excluding steroid dienone is 2. The van der Waals surface area contributed by atoms with Crippen molar-refractivity contribution in [3.63, 3.8) is 0 Å². The van der Waals surface area contributed by atoms with Gasteiger partial charge in [-0.2, -0.15) is 0 Å². The van der Waals surface area contributed by atoms with E-state index in [1.54, 1.807) is 0 Å². The third kappa shape index (κ3) is 2.70. The molecule has 0 N–H and O–H groups in total. The van der Waals surface area contributed by atoms with Crippen molar-refractivity contribution < 1.29 is 0 Å². The van der Waals surface area contributed by atoms with Crippen molar-refractivity contribution in [2.75, 3.05) is 0 Å². The minimum absolute atomic E-state index is 0.185. The summed E-state index contributed by atoms with van der Waals surface area (Å²) < 4.78 is 5.05. The van der Waals surface area contributed by atoms with E-state index in [1.807, 2.05) is 0 Å². The lowest BCUT2D eigenvalue weighted by molar-refractivity contribution is 0.235. The van der Waals surface area contributed by atoms with Crippen LogP contribution in [0.15, 0.2) is 24.0 Å². The van der Waals surface area contributed by atoms with Gasteiger partial charge in [0, 0.05) is 22.5 Å². The molecule has 16 heavy (non-hydrogen) atoms. The van der Waals surface area contributed by atoms with E-state index in [0.29, 0.717) is 0 Å². The molecule has 2 nitrogen and oxygen atoms in total. The van der Waals surface area contributed by atoms with Crippen LogP contribution < -0.4 is 0 Å². The Balaban J connectivity index is 3.04. The molecule has 0 radical (unpaired) electrons. The second-order valence-corrected chi connectivity index (χ2v) is 8.16. The van der Waals surface area contributed by atoms with Crippen molar-refractivity contribution in [2.45, 2.75) is 59.5 Å². The monoisotopic (exact) mass is 238 g/mol. The Bertz CT molecular complexity index is 318. The summed E-state index contributed by atoms with van der Waals surface area (Å²) in [5.41, 5.74) is 2.95. The lowest BCUT2D eigenvalue weighted by atomic mass is 10.1. The van der Waals surface area contributed by atoms with Crippen molar-refractivity contribution in [3.05, 3.63) is 24.0 Å². The standard InChI is InChI=1S/C13H26N2Si/c1-10-9-11(2)15(13(6,7)8)16-14(10)12(3,4)5/h9H,1,16H2,2-8H3. The van der Waals surface area contributed by atoms with Crippen LogP contribution in [0.25, 0.3) is 0 Å². The maximum Gasteiger partial charge on any atom is 0.231 e. The van der Waals surface area contributed by atoms with Gasteiger partial charge in [-0.1, -0.05) is 6.58 Å². The van der Waals surface area contributed by atoms with Crippen LogP contribution in [0.3, 0.4) is 0 Å². The number of hydrogen-bond donors (Lipinski definition) is 0. The molecule has 1 aliphatic rings. The molecule has 0 aliphatic carbocycles. The van der Waals surface area contributed by atoms with Gasteiger partial charge in [0.05, 0.1) is 0 Å². The first-order valence-electron chi connectivity index (χ1n) is 5.96. The zero-order valence-electron chi connectivity index (χ0n) is 11.9. The SMILES string of the molecule is C=C1C=C(C)N(C(C)(C)C)[SiH2]N1C(C)(C)C. The number of rotatable bonds is 0. The minimum atomic E-state index is -0.468. The van der Waals surface area contributed by atoms with Crippen molar-refractivity contribution in [1.29, 1.82) is 0 Å². The molecule has 0 bridgehead atoms. The third-order valence-electron chi connectivity index (χ3n) is 3.05. The van der Waals surface area contributed by atoms with Gasteiger partial charge in [0.15, 0.2) is 0 Å². The van der Waals surface area contributed by atoms with Crippen LogP contribution >= 0.6 is 0 Å². The zero-order valence-corrected chi connectivity index (χ0v) is 13.3. The molecule has 1 aliphatic heterocycles. The molecule has 0 aromatic carbocycles. The van der Waals surface area contributed by atoms with E-state index in [0.717, 1.165) is 0 Å². The summed E-state index contributed by atoms with van der Waals surface area (Å²) >= 11 is 0. The minimum Gasteiger partial charge on any atom is -0.385 e. The molecule has 0 unspecified atom stereocenters. The van der Waals surface area contributed by atoms with Gasteiger partial charge in [0.1, 0.15) is 0 Å². The number of nitrogens with zero attached hydrogens (tertiary/aromatic N) is 2. The topological polar surface area (TPSA) is 6.48 Å². The van der Waals surface area contributed by atoms with Crippen molar-refractivity contribution in [2.24, 2.45) is 0 Å². The largest absolute Gasteiger partial charge is 0.385 e. The molecule has 0 atom stereocenters. The molecule has 0 spiro atoms. The molecule has 1 rings (SSSR count). The van der Waals surface area contributed by atoms with E-state index in [4.69, 9.17) is 0 Å². The Morgan fingerprint density at radius 1 is 1.00 bits per heavy atom. The predicted molar refractivity (Wildman–Crippen MR) is 74.6 cm³/mol. The highest BCUT2D eigenvalue weighted by Gasteiger charge is 2.32. The summed E-state index contributed by atoms with van der Waals surface area (Å²) in [5, 5.41) is 0. The van der Waals surface area contributed by atoms with Gasteiger partial charge in [-0.25, -0.2) is 0 Å². The zero-order chi connectivity index (χ0) is 12.7. The van der Waals surface area contributed by atoms with Gasteiger partial charge in [-0.05, 0) is 54.5 Å². The van der Waals surface area contributed by atoms with E-state index in [2.05, 4.69) is 70.3 Å². The fraction of sp³-hybridized carbons (Fsp3) is 0.692. The van der Waals surface area contributed by atoms with Crippen molar-refractivity contribution in [3.8, 4) is 0 Å². The summed E-state index contributed by atoms with van der Waals surface area (Å²) in [6.07, 6.45) is 2.22. The first-order chi connectivity index (χ1) is 7.03. The molecule has 0 amide bonds. The molecule has 0 aromatic rings. The van der Waals surface area contributed by atoms with E-state index < -0.39 is 9.84 Å². The molecule has 0 saturated heterocycles. The first-order valence-corrected chi connectivity index (χ1v) is 7.22. The second kappa shape index (κ2) is 3.95. The van der Waals surface area contributed by atoms with Crippen LogP contribution in [0.5, 0.6) is 0 Å². The second-order valence-electron chi connectivity index (χ2n) is 6.62. The Kier molecular flexibility index (Phi) is 3.30. The third-order valence-corrected chi connectivity index (χ3v) is 6.42. The van der Waals surface area contributed by atoms with Crippen LogP contribution in [0.4, 0.5) is 0 Å². The number of hydrogen-bond acceptors (Lipinski definition) is 2. The Morgan fingerprint density at radius 3 is 1.81 bits per heavy atom. The van der Waals surface area contributed by atoms with E-state index in [9.17, 15) is 0 Å². The molecule has 0 aromatic heterocycles. The van der Waals surface area contributed by atoms with E-state index >= 15 is 0 Å². The van der Waals surface area contributed by atoms with Gasteiger partial charge >= 0.3 is 0 Å². The summed E-state index contributed by atoms with van der Waals surface area (Å²) in [7, 11) is -0.468. The van der Waals surface area contributed by atoms with Crippen LogP contribution in [-0.2, 0) is 0 Å². The molecule has 1 heterocycles. The van der Waals surface area contributed by atoms with Gasteiger partial charge < -0.3 is 9.13 Å². The fourth-order valence-electron chi connectivity index (χ4n) is 2.12. The average Bonchev–Trinajstić information content (AvgIpc) is 1.97. The Labute approximate surface area is 103 Å². The van der Waals surface area contributed by atoms with Crippen LogP contribution in [0.2, 0.25) is 0 Å². The highest BCUT2D eigenvalue weighted by Crippen LogP contribution is 2.29. The molecular formula is C13H26N2Si. The fourth-order valence-corrected chi connectivity index (χ4v) is 3.84. The van der Waals surface area contributed by atoms with Crippen molar-refractivity contribution in [1.82, 2.24) is 9.13 Å².